The first-order valence-corrected chi connectivity index (χ1v) is 14.5. The summed E-state index contributed by atoms with van der Waals surface area (Å²) < 4.78 is 13.5. The van der Waals surface area contributed by atoms with Gasteiger partial charge >= 0.3 is 0 Å². The summed E-state index contributed by atoms with van der Waals surface area (Å²) in [7, 11) is 0. The number of piperazine rings is 1. The summed E-state index contributed by atoms with van der Waals surface area (Å²) >= 11 is 1.46. The van der Waals surface area contributed by atoms with Crippen LogP contribution in [0.1, 0.15) is 55.1 Å². The van der Waals surface area contributed by atoms with Gasteiger partial charge < -0.3 is 10.4 Å². The van der Waals surface area contributed by atoms with Crippen molar-refractivity contribution in [2.75, 3.05) is 44.6 Å². The Morgan fingerprint density at radius 3 is 2.58 bits per heavy atom. The van der Waals surface area contributed by atoms with Crippen molar-refractivity contribution in [3.8, 4) is 0 Å². The van der Waals surface area contributed by atoms with E-state index >= 15 is 0 Å². The number of aliphatic hydroxyl groups excluding tert-OH is 1. The van der Waals surface area contributed by atoms with E-state index in [0.29, 0.717) is 28.2 Å². The third-order valence-electron chi connectivity index (χ3n) is 7.33. The van der Waals surface area contributed by atoms with Gasteiger partial charge in [-0.3, -0.25) is 19.4 Å². The van der Waals surface area contributed by atoms with Crippen LogP contribution in [0.2, 0.25) is 0 Å². The predicted molar refractivity (Wildman–Crippen MR) is 156 cm³/mol. The summed E-state index contributed by atoms with van der Waals surface area (Å²) in [5, 5.41) is 16.7. The van der Waals surface area contributed by atoms with E-state index in [0.717, 1.165) is 74.4 Å². The van der Waals surface area contributed by atoms with Gasteiger partial charge in [0.25, 0.3) is 11.8 Å². The number of halogens is 1. The number of carbonyl (C=O) groups is 2. The minimum atomic E-state index is -0.392. The molecule has 0 atom stereocenters. The largest absolute Gasteiger partial charge is 0.395 e. The van der Waals surface area contributed by atoms with E-state index in [1.54, 1.807) is 18.2 Å². The second-order valence-electron chi connectivity index (χ2n) is 10.2. The molecule has 5 rings (SSSR count). The molecular formula is C30H34FN5O3S. The normalized spacial score (nSPS) is 16.1. The lowest BCUT2D eigenvalue weighted by molar-refractivity contribution is 0.0955. The molecule has 2 heterocycles. The average molecular weight is 564 g/mol. The maximum atomic E-state index is 13.5. The first-order chi connectivity index (χ1) is 19.5. The number of thiophene rings is 1. The molecule has 40 heavy (non-hydrogen) atoms. The molecule has 2 amide bonds. The Kier molecular flexibility index (Phi) is 9.33. The topological polar surface area (TPSA) is 97.3 Å². The highest BCUT2D eigenvalue weighted by atomic mass is 32.1. The molecule has 10 heteroatoms. The predicted octanol–water partition coefficient (Wildman–Crippen LogP) is 3.89. The van der Waals surface area contributed by atoms with Crippen LogP contribution in [0.4, 0.5) is 9.39 Å². The molecule has 1 aliphatic carbocycles. The Bertz CT molecular complexity index is 1380. The number of nitrogens with one attached hydrogen (secondary N) is 2. The number of nitrogens with zero attached hydrogens (tertiary/aromatic N) is 3. The van der Waals surface area contributed by atoms with Gasteiger partial charge in [-0.25, -0.2) is 9.82 Å². The molecule has 0 saturated carbocycles. The van der Waals surface area contributed by atoms with Gasteiger partial charge in [0.1, 0.15) is 10.8 Å². The summed E-state index contributed by atoms with van der Waals surface area (Å²) in [5.74, 6) is -1.03. The standard InChI is InChI=1S/C30H34FN5O3S/c31-24-8-4-5-21(18-24)19-32-34-29(39)27-25-9-1-2-10-26(25)40-30(27)33-28(38)23-7-3-6-22(17-23)20-36-13-11-35(12-14-36)15-16-37/h3-8,17-19,37H,1-2,9-16,20H2,(H,33,38)(H,34,39). The highest BCUT2D eigenvalue weighted by molar-refractivity contribution is 7.17. The fourth-order valence-electron chi connectivity index (χ4n) is 5.26. The van der Waals surface area contributed by atoms with Gasteiger partial charge in [-0.05, 0) is 66.6 Å². The van der Waals surface area contributed by atoms with Crippen LogP contribution in [0.25, 0.3) is 0 Å². The van der Waals surface area contributed by atoms with E-state index in [1.807, 2.05) is 18.2 Å². The van der Waals surface area contributed by atoms with Crippen LogP contribution < -0.4 is 10.7 Å². The summed E-state index contributed by atoms with van der Waals surface area (Å²) in [6.07, 6.45) is 5.09. The van der Waals surface area contributed by atoms with Gasteiger partial charge in [0.05, 0.1) is 18.4 Å². The van der Waals surface area contributed by atoms with Crippen molar-refractivity contribution >= 4 is 34.4 Å². The Labute approximate surface area is 237 Å². The van der Waals surface area contributed by atoms with Crippen LogP contribution in [0, 0.1) is 5.82 Å². The van der Waals surface area contributed by atoms with Crippen molar-refractivity contribution in [1.82, 2.24) is 15.2 Å². The number of benzene rings is 2. The van der Waals surface area contributed by atoms with Crippen molar-refractivity contribution < 1.29 is 19.1 Å². The summed E-state index contributed by atoms with van der Waals surface area (Å²) in [4.78, 5) is 32.3. The number of fused-ring (bicyclic) bond motifs is 1. The number of rotatable bonds is 9. The number of aryl methyl sites for hydroxylation is 1. The van der Waals surface area contributed by atoms with Crippen LogP contribution >= 0.6 is 11.3 Å². The number of carbonyl (C=O) groups excluding carboxylic acids is 2. The van der Waals surface area contributed by atoms with Crippen molar-refractivity contribution in [1.29, 1.82) is 0 Å². The molecule has 2 aromatic carbocycles. The van der Waals surface area contributed by atoms with Gasteiger partial charge in [-0.1, -0.05) is 24.3 Å². The van der Waals surface area contributed by atoms with Crippen LogP contribution in [0.15, 0.2) is 53.6 Å². The molecule has 1 aromatic heterocycles. The first kappa shape index (κ1) is 28.1. The average Bonchev–Trinajstić information content (AvgIpc) is 3.32. The lowest BCUT2D eigenvalue weighted by atomic mass is 9.95. The lowest BCUT2D eigenvalue weighted by Crippen LogP contribution is -2.46. The molecule has 0 unspecified atom stereocenters. The van der Waals surface area contributed by atoms with Crippen LogP contribution in [0.5, 0.6) is 0 Å². The van der Waals surface area contributed by atoms with Crippen molar-refractivity contribution in [2.24, 2.45) is 5.10 Å². The van der Waals surface area contributed by atoms with Crippen LogP contribution in [-0.2, 0) is 19.4 Å². The third-order valence-corrected chi connectivity index (χ3v) is 8.54. The van der Waals surface area contributed by atoms with Crippen molar-refractivity contribution in [2.45, 2.75) is 32.2 Å². The maximum Gasteiger partial charge on any atom is 0.274 e. The second-order valence-corrected chi connectivity index (χ2v) is 11.3. The van der Waals surface area contributed by atoms with Crippen LogP contribution in [0.3, 0.4) is 0 Å². The van der Waals surface area contributed by atoms with Crippen molar-refractivity contribution in [3.63, 3.8) is 0 Å². The molecule has 2 aliphatic rings. The fraction of sp³-hybridized carbons (Fsp3) is 0.367. The highest BCUT2D eigenvalue weighted by Crippen LogP contribution is 2.38. The van der Waals surface area contributed by atoms with E-state index < -0.39 is 5.91 Å². The Balaban J connectivity index is 1.28. The molecule has 3 N–H and O–H groups in total. The Morgan fingerprint density at radius 1 is 1.00 bits per heavy atom. The summed E-state index contributed by atoms with van der Waals surface area (Å²) in [6.45, 7) is 5.29. The smallest absolute Gasteiger partial charge is 0.274 e. The van der Waals surface area contributed by atoms with Crippen molar-refractivity contribution in [3.05, 3.63) is 87.0 Å². The van der Waals surface area contributed by atoms with Gasteiger partial charge in [0, 0.05) is 49.7 Å². The first-order valence-electron chi connectivity index (χ1n) is 13.7. The minimum Gasteiger partial charge on any atom is -0.395 e. The monoisotopic (exact) mass is 563 g/mol. The highest BCUT2D eigenvalue weighted by Gasteiger charge is 2.27. The zero-order valence-corrected chi connectivity index (χ0v) is 23.2. The minimum absolute atomic E-state index is 0.176. The number of amides is 2. The van der Waals surface area contributed by atoms with Gasteiger partial charge in [-0.15, -0.1) is 11.3 Å². The quantitative estimate of drug-likeness (QED) is 0.271. The van der Waals surface area contributed by atoms with Crippen LogP contribution in [-0.4, -0.2) is 72.3 Å². The molecular weight excluding hydrogens is 529 g/mol. The molecule has 0 spiro atoms. The molecule has 0 bridgehead atoms. The zero-order valence-electron chi connectivity index (χ0n) is 22.4. The molecule has 210 valence electrons. The lowest BCUT2D eigenvalue weighted by Gasteiger charge is -2.34. The summed E-state index contributed by atoms with van der Waals surface area (Å²) in [5.41, 5.74) is 6.12. The molecule has 8 nitrogen and oxygen atoms in total. The summed E-state index contributed by atoms with van der Waals surface area (Å²) in [6, 6.07) is 13.6. The molecule has 1 saturated heterocycles. The van der Waals surface area contributed by atoms with E-state index in [1.165, 1.54) is 29.7 Å². The molecule has 1 fully saturated rings. The van der Waals surface area contributed by atoms with E-state index in [9.17, 15) is 14.0 Å². The second kappa shape index (κ2) is 13.3. The van der Waals surface area contributed by atoms with Gasteiger partial charge in [0.15, 0.2) is 0 Å². The Morgan fingerprint density at radius 2 is 1.77 bits per heavy atom. The molecule has 3 aromatic rings. The number of hydrogen-bond donors (Lipinski definition) is 3. The third kappa shape index (κ3) is 7.00. The zero-order chi connectivity index (χ0) is 27.9. The number of aliphatic hydroxyl groups is 1. The van der Waals surface area contributed by atoms with E-state index in [-0.39, 0.29) is 18.3 Å². The van der Waals surface area contributed by atoms with Gasteiger partial charge in [-0.2, -0.15) is 5.10 Å². The number of hydrazone groups is 1. The number of hydrogen-bond acceptors (Lipinski definition) is 7. The number of β-amino-alcohol motifs (C(OH)–C–C–N with tert-alkyl or cyclic N) is 1. The van der Waals surface area contributed by atoms with E-state index in [4.69, 9.17) is 5.11 Å². The molecule has 0 radical (unpaired) electrons. The number of anilines is 1. The Hall–Kier alpha value is -3.44. The molecule has 1 aliphatic heterocycles. The van der Waals surface area contributed by atoms with E-state index in [2.05, 4.69) is 25.6 Å². The van der Waals surface area contributed by atoms with Gasteiger partial charge in [0.2, 0.25) is 0 Å². The maximum absolute atomic E-state index is 13.5. The fourth-order valence-corrected chi connectivity index (χ4v) is 6.54. The SMILES string of the molecule is O=C(Nc1sc2c(c1C(=O)NN=Cc1cccc(F)c1)CCCC2)c1cccc(CN2CCN(CCO)CC2)c1.